The maximum absolute atomic E-state index is 14.1. The molecule has 2 rings (SSSR count). The molecule has 30 heavy (non-hydrogen) atoms. The number of alkyl halides is 2. The molecule has 2 fully saturated rings. The monoisotopic (exact) mass is 424 g/mol. The fourth-order valence-electron chi connectivity index (χ4n) is 4.48. The molecule has 0 aromatic rings. The normalized spacial score (nSPS) is 34.5. The molecule has 0 heterocycles. The van der Waals surface area contributed by atoms with E-state index in [-0.39, 0.29) is 16.7 Å². The molecular formula is C25H38F2O3. The van der Waals surface area contributed by atoms with Gasteiger partial charge in [-0.3, -0.25) is 0 Å². The summed E-state index contributed by atoms with van der Waals surface area (Å²) in [6.07, 6.45) is 10.3. The van der Waals surface area contributed by atoms with Gasteiger partial charge in [0.25, 0.3) is 5.92 Å². The average Bonchev–Trinajstić information content (AvgIpc) is 2.81. The van der Waals surface area contributed by atoms with Crippen LogP contribution in [0.3, 0.4) is 0 Å². The molecule has 0 unspecified atom stereocenters. The van der Waals surface area contributed by atoms with Crippen LogP contribution in [0.2, 0.25) is 0 Å². The lowest BCUT2D eigenvalue weighted by atomic mass is 9.65. The summed E-state index contributed by atoms with van der Waals surface area (Å²) in [6.45, 7) is 12.6. The molecule has 170 valence electrons. The fraction of sp³-hybridized carbons (Fsp3) is 0.680. The minimum Gasteiger partial charge on any atom is -0.393 e. The maximum atomic E-state index is 14.1. The van der Waals surface area contributed by atoms with Gasteiger partial charge < -0.3 is 15.3 Å². The van der Waals surface area contributed by atoms with Crippen molar-refractivity contribution in [3.8, 4) is 0 Å². The van der Waals surface area contributed by atoms with E-state index in [1.165, 1.54) is 6.08 Å². The molecule has 0 aliphatic heterocycles. The van der Waals surface area contributed by atoms with E-state index in [0.29, 0.717) is 18.4 Å². The van der Waals surface area contributed by atoms with Crippen molar-refractivity contribution >= 4 is 0 Å². The average molecular weight is 425 g/mol. The first-order valence-electron chi connectivity index (χ1n) is 10.8. The number of aliphatic hydroxyl groups is 3. The first-order valence-corrected chi connectivity index (χ1v) is 10.8. The second-order valence-corrected chi connectivity index (χ2v) is 10.4. The molecule has 0 aromatic heterocycles. The van der Waals surface area contributed by atoms with Crippen LogP contribution >= 0.6 is 0 Å². The smallest absolute Gasteiger partial charge is 0.279 e. The van der Waals surface area contributed by atoms with Crippen LogP contribution in [0.15, 0.2) is 48.1 Å². The molecule has 0 aromatic carbocycles. The molecule has 3 nitrogen and oxygen atoms in total. The summed E-state index contributed by atoms with van der Waals surface area (Å²) in [5.74, 6) is -2.91. The predicted molar refractivity (Wildman–Crippen MR) is 117 cm³/mol. The summed E-state index contributed by atoms with van der Waals surface area (Å²) in [5, 5.41) is 29.5. The highest BCUT2D eigenvalue weighted by Gasteiger charge is 2.49. The van der Waals surface area contributed by atoms with Crippen LogP contribution in [0.5, 0.6) is 0 Å². The first-order chi connectivity index (χ1) is 13.6. The minimum absolute atomic E-state index is 0.134. The number of aliphatic hydroxyl groups excluding tert-OH is 2. The van der Waals surface area contributed by atoms with Crippen LogP contribution < -0.4 is 0 Å². The summed E-state index contributed by atoms with van der Waals surface area (Å²) in [7, 11) is 0. The van der Waals surface area contributed by atoms with Crippen molar-refractivity contribution in [1.82, 2.24) is 0 Å². The Labute approximate surface area is 179 Å². The Bertz CT molecular complexity index is 727. The van der Waals surface area contributed by atoms with Gasteiger partial charge in [-0.1, -0.05) is 57.7 Å². The van der Waals surface area contributed by atoms with Gasteiger partial charge in [0.1, 0.15) is 5.60 Å². The van der Waals surface area contributed by atoms with Gasteiger partial charge in [0, 0.05) is 12.8 Å². The predicted octanol–water partition coefficient (Wildman–Crippen LogP) is 5.34. The van der Waals surface area contributed by atoms with Crippen molar-refractivity contribution in [3.05, 3.63) is 48.1 Å². The van der Waals surface area contributed by atoms with E-state index in [0.717, 1.165) is 32.3 Å². The van der Waals surface area contributed by atoms with Crippen LogP contribution in [0.25, 0.3) is 0 Å². The minimum atomic E-state index is -3.17. The van der Waals surface area contributed by atoms with Crippen LogP contribution in [0.4, 0.5) is 8.78 Å². The third-order valence-electron chi connectivity index (χ3n) is 7.54. The van der Waals surface area contributed by atoms with Crippen molar-refractivity contribution in [2.24, 2.45) is 16.7 Å². The molecule has 0 saturated heterocycles. The highest BCUT2D eigenvalue weighted by atomic mass is 19.3. The SMILES string of the molecule is C=C1/C(=C\C=C\[C@@H]2CC[C@](C)(/C=C\CC(F)(F)C(C)(C)O)C2(C)C)C[C@@H](O)C[C@@H]1O. The Hall–Kier alpha value is -1.30. The Kier molecular flexibility index (Phi) is 7.22. The van der Waals surface area contributed by atoms with E-state index in [1.807, 2.05) is 18.2 Å². The maximum Gasteiger partial charge on any atom is 0.279 e. The number of allylic oxidation sites excluding steroid dienone is 5. The molecule has 5 heteroatoms. The largest absolute Gasteiger partial charge is 0.393 e. The van der Waals surface area contributed by atoms with Crippen molar-refractivity contribution < 1.29 is 24.1 Å². The van der Waals surface area contributed by atoms with Gasteiger partial charge in [-0.2, -0.15) is 0 Å². The zero-order chi connectivity index (χ0) is 23.0. The third kappa shape index (κ3) is 5.12. The van der Waals surface area contributed by atoms with Gasteiger partial charge in [-0.25, -0.2) is 8.78 Å². The molecule has 3 N–H and O–H groups in total. The zero-order valence-corrected chi connectivity index (χ0v) is 19.0. The fourth-order valence-corrected chi connectivity index (χ4v) is 4.48. The second kappa shape index (κ2) is 8.68. The van der Waals surface area contributed by atoms with Crippen molar-refractivity contribution in [1.29, 1.82) is 0 Å². The number of hydrogen-bond acceptors (Lipinski definition) is 3. The van der Waals surface area contributed by atoms with Gasteiger partial charge in [-0.05, 0) is 61.0 Å². The van der Waals surface area contributed by atoms with Crippen LogP contribution in [-0.4, -0.2) is 39.1 Å². The summed E-state index contributed by atoms with van der Waals surface area (Å²) >= 11 is 0. The lowest BCUT2D eigenvalue weighted by Gasteiger charge is -2.39. The quantitative estimate of drug-likeness (QED) is 0.505. The lowest BCUT2D eigenvalue weighted by molar-refractivity contribution is -0.158. The Morgan fingerprint density at radius 3 is 2.43 bits per heavy atom. The van der Waals surface area contributed by atoms with Gasteiger partial charge in [0.2, 0.25) is 0 Å². The number of rotatable bonds is 6. The molecule has 4 atom stereocenters. The van der Waals surface area contributed by atoms with Gasteiger partial charge >= 0.3 is 0 Å². The van der Waals surface area contributed by atoms with Gasteiger partial charge in [-0.15, -0.1) is 0 Å². The van der Waals surface area contributed by atoms with E-state index in [9.17, 15) is 24.1 Å². The molecule has 2 aliphatic carbocycles. The number of hydrogen-bond donors (Lipinski definition) is 3. The van der Waals surface area contributed by atoms with Gasteiger partial charge in [0.15, 0.2) is 0 Å². The van der Waals surface area contributed by atoms with E-state index in [1.54, 1.807) is 0 Å². The first kappa shape index (κ1) is 25.0. The summed E-state index contributed by atoms with van der Waals surface area (Å²) in [4.78, 5) is 0. The van der Waals surface area contributed by atoms with Crippen molar-refractivity contribution in [2.45, 2.75) is 90.5 Å². The molecule has 0 amide bonds. The molecule has 0 bridgehead atoms. The highest BCUT2D eigenvalue weighted by Crippen LogP contribution is 2.57. The Morgan fingerprint density at radius 1 is 1.20 bits per heavy atom. The Balaban J connectivity index is 2.09. The lowest BCUT2D eigenvalue weighted by Crippen LogP contribution is -2.42. The van der Waals surface area contributed by atoms with Crippen LogP contribution in [0.1, 0.15) is 66.7 Å². The summed E-state index contributed by atoms with van der Waals surface area (Å²) < 4.78 is 28.1. The topological polar surface area (TPSA) is 60.7 Å². The third-order valence-corrected chi connectivity index (χ3v) is 7.54. The summed E-state index contributed by atoms with van der Waals surface area (Å²) in [6, 6.07) is 0. The van der Waals surface area contributed by atoms with Crippen LogP contribution in [-0.2, 0) is 0 Å². The van der Waals surface area contributed by atoms with Crippen molar-refractivity contribution in [2.75, 3.05) is 0 Å². The van der Waals surface area contributed by atoms with E-state index in [2.05, 4.69) is 33.4 Å². The van der Waals surface area contributed by atoms with E-state index >= 15 is 0 Å². The molecule has 0 spiro atoms. The van der Waals surface area contributed by atoms with Crippen molar-refractivity contribution in [3.63, 3.8) is 0 Å². The van der Waals surface area contributed by atoms with Gasteiger partial charge in [0.05, 0.1) is 12.2 Å². The molecule has 2 aliphatic rings. The standard InChI is InChI=1S/C25H38F2O3/c1-17-18(15-20(28)16-21(17)29)9-7-10-19-11-14-24(6,22(19,2)3)12-8-13-25(26,27)23(4,5)30/h7-10,12,19-21,28-30H,1,11,13-16H2,2-6H3/b10-7+,12-8-,18-9-/t19-,20-,21+,24+/m1/s1. The molecule has 0 radical (unpaired) electrons. The molecule has 2 saturated carbocycles. The van der Waals surface area contributed by atoms with E-state index in [4.69, 9.17) is 0 Å². The Morgan fingerprint density at radius 2 is 1.83 bits per heavy atom. The van der Waals surface area contributed by atoms with E-state index < -0.39 is 30.2 Å². The molecular weight excluding hydrogens is 386 g/mol. The van der Waals surface area contributed by atoms with Crippen LogP contribution in [0, 0.1) is 16.7 Å². The number of halogens is 2. The second-order valence-electron chi connectivity index (χ2n) is 10.4. The zero-order valence-electron chi connectivity index (χ0n) is 19.0. The summed E-state index contributed by atoms with van der Waals surface area (Å²) in [5.41, 5.74) is -0.885. The highest BCUT2D eigenvalue weighted by molar-refractivity contribution is 5.37.